The number of methoxy groups -OCH3 is 1. The fraction of sp³-hybridized carbons (Fsp3) is 0.417. The second kappa shape index (κ2) is 9.99. The number of aromatic nitrogens is 1. The zero-order chi connectivity index (χ0) is 23.5. The Balaban J connectivity index is 1.62. The van der Waals surface area contributed by atoms with Crippen molar-refractivity contribution < 1.29 is 23.8 Å². The number of nitrogens with zero attached hydrogens (tertiary/aromatic N) is 2. The Kier molecular flexibility index (Phi) is 7.07. The summed E-state index contributed by atoms with van der Waals surface area (Å²) in [5.41, 5.74) is 2.40. The molecule has 9 heteroatoms. The fourth-order valence-electron chi connectivity index (χ4n) is 4.03. The number of amides is 1. The van der Waals surface area contributed by atoms with Crippen LogP contribution in [0, 0.1) is 0 Å². The molecule has 0 saturated carbocycles. The topological polar surface area (TPSA) is 97.1 Å². The summed E-state index contributed by atoms with van der Waals surface area (Å²) >= 11 is 6.10. The summed E-state index contributed by atoms with van der Waals surface area (Å²) in [5, 5.41) is 13.3. The molecule has 8 nitrogen and oxygen atoms in total. The monoisotopic (exact) mass is 473 g/mol. The molecular formula is C24H28ClN3O5. The van der Waals surface area contributed by atoms with E-state index in [1.54, 1.807) is 17.0 Å². The van der Waals surface area contributed by atoms with Crippen molar-refractivity contribution in [1.82, 2.24) is 9.88 Å². The van der Waals surface area contributed by atoms with Crippen molar-refractivity contribution in [2.45, 2.75) is 38.5 Å². The predicted octanol–water partition coefficient (Wildman–Crippen LogP) is 4.27. The lowest BCUT2D eigenvalue weighted by atomic mass is 10.1. The van der Waals surface area contributed by atoms with Crippen LogP contribution in [0.5, 0.6) is 5.75 Å². The Morgan fingerprint density at radius 3 is 2.94 bits per heavy atom. The van der Waals surface area contributed by atoms with Gasteiger partial charge in [0, 0.05) is 23.7 Å². The van der Waals surface area contributed by atoms with Gasteiger partial charge in [0.15, 0.2) is 11.3 Å². The standard InChI is InChI=1S/C24H28ClN3O5/c1-14-12-28(19(7-8-29)13-32-14)23(30)17-10-20-22(21(11-17)31-3)33-24(27-20)26-15(2)16-5-4-6-18(25)9-16/h4-6,9-11,14-15,19,29H,7-8,12-13H2,1-3H3,(H,26,27)/t14-,15-,19-/m1/s1. The predicted molar refractivity (Wildman–Crippen MR) is 126 cm³/mol. The number of anilines is 1. The lowest BCUT2D eigenvalue weighted by Crippen LogP contribution is -2.51. The molecule has 1 aliphatic heterocycles. The summed E-state index contributed by atoms with van der Waals surface area (Å²) in [6, 6.07) is 11.0. The van der Waals surface area contributed by atoms with Crippen LogP contribution >= 0.6 is 11.6 Å². The maximum Gasteiger partial charge on any atom is 0.296 e. The lowest BCUT2D eigenvalue weighted by molar-refractivity contribution is -0.0486. The summed E-state index contributed by atoms with van der Waals surface area (Å²) < 4.78 is 17.1. The molecule has 1 aromatic heterocycles. The molecule has 1 saturated heterocycles. The number of carbonyl (C=O) groups is 1. The number of oxazole rings is 1. The van der Waals surface area contributed by atoms with Crippen molar-refractivity contribution in [2.24, 2.45) is 0 Å². The van der Waals surface area contributed by atoms with Crippen molar-refractivity contribution in [3.63, 3.8) is 0 Å². The lowest BCUT2D eigenvalue weighted by Gasteiger charge is -2.38. The van der Waals surface area contributed by atoms with Gasteiger partial charge in [0.25, 0.3) is 11.9 Å². The molecule has 2 N–H and O–H groups in total. The molecule has 0 aliphatic carbocycles. The fourth-order valence-corrected chi connectivity index (χ4v) is 4.23. The van der Waals surface area contributed by atoms with Crippen molar-refractivity contribution in [3.8, 4) is 5.75 Å². The van der Waals surface area contributed by atoms with E-state index in [2.05, 4.69) is 10.3 Å². The molecule has 0 bridgehead atoms. The van der Waals surface area contributed by atoms with Crippen LogP contribution in [-0.2, 0) is 4.74 Å². The van der Waals surface area contributed by atoms with Gasteiger partial charge in [-0.05, 0) is 50.1 Å². The number of aliphatic hydroxyl groups excluding tert-OH is 1. The highest BCUT2D eigenvalue weighted by atomic mass is 35.5. The van der Waals surface area contributed by atoms with Gasteiger partial charge in [-0.25, -0.2) is 0 Å². The zero-order valence-electron chi connectivity index (χ0n) is 18.9. The van der Waals surface area contributed by atoms with Gasteiger partial charge in [-0.1, -0.05) is 23.7 Å². The van der Waals surface area contributed by atoms with Gasteiger partial charge >= 0.3 is 0 Å². The van der Waals surface area contributed by atoms with Crippen molar-refractivity contribution in [3.05, 3.63) is 52.5 Å². The van der Waals surface area contributed by atoms with Gasteiger partial charge in [-0.3, -0.25) is 4.79 Å². The first-order chi connectivity index (χ1) is 15.9. The van der Waals surface area contributed by atoms with Crippen molar-refractivity contribution >= 4 is 34.6 Å². The van der Waals surface area contributed by atoms with E-state index in [0.717, 1.165) is 5.56 Å². The molecule has 4 rings (SSSR count). The van der Waals surface area contributed by atoms with Gasteiger partial charge in [0.2, 0.25) is 0 Å². The van der Waals surface area contributed by atoms with E-state index in [-0.39, 0.29) is 30.7 Å². The highest BCUT2D eigenvalue weighted by Crippen LogP contribution is 2.32. The number of morpholine rings is 1. The van der Waals surface area contributed by atoms with E-state index < -0.39 is 0 Å². The molecular weight excluding hydrogens is 446 g/mol. The van der Waals surface area contributed by atoms with Gasteiger partial charge in [-0.15, -0.1) is 0 Å². The minimum absolute atomic E-state index is 0.0162. The van der Waals surface area contributed by atoms with E-state index >= 15 is 0 Å². The summed E-state index contributed by atoms with van der Waals surface area (Å²) in [6.07, 6.45) is 0.377. The van der Waals surface area contributed by atoms with E-state index in [0.29, 0.717) is 53.0 Å². The van der Waals surface area contributed by atoms with Gasteiger partial charge in [0.05, 0.1) is 31.9 Å². The molecule has 176 valence electrons. The molecule has 1 fully saturated rings. The summed E-state index contributed by atoms with van der Waals surface area (Å²) in [5.74, 6) is 0.264. The largest absolute Gasteiger partial charge is 0.493 e. The zero-order valence-corrected chi connectivity index (χ0v) is 19.6. The molecule has 2 aromatic carbocycles. The first kappa shape index (κ1) is 23.4. The minimum Gasteiger partial charge on any atom is -0.493 e. The highest BCUT2D eigenvalue weighted by Gasteiger charge is 2.31. The Labute approximate surface area is 197 Å². The third kappa shape index (κ3) is 5.08. The number of hydrogen-bond acceptors (Lipinski definition) is 7. The number of ether oxygens (including phenoxy) is 2. The van der Waals surface area contributed by atoms with E-state index in [9.17, 15) is 9.90 Å². The number of fused-ring (bicyclic) bond motifs is 1. The maximum absolute atomic E-state index is 13.4. The summed E-state index contributed by atoms with van der Waals surface area (Å²) in [4.78, 5) is 19.7. The van der Waals surface area contributed by atoms with Gasteiger partial charge in [0.1, 0.15) is 5.52 Å². The number of carbonyl (C=O) groups excluding carboxylic acids is 1. The molecule has 33 heavy (non-hydrogen) atoms. The highest BCUT2D eigenvalue weighted by molar-refractivity contribution is 6.30. The quantitative estimate of drug-likeness (QED) is 0.528. The Morgan fingerprint density at radius 1 is 1.39 bits per heavy atom. The number of nitrogens with one attached hydrogen (secondary N) is 1. The van der Waals surface area contributed by atoms with Crippen LogP contribution in [0.4, 0.5) is 6.01 Å². The smallest absolute Gasteiger partial charge is 0.296 e. The Bertz CT molecular complexity index is 1130. The second-order valence-electron chi connectivity index (χ2n) is 8.23. The van der Waals surface area contributed by atoms with Gasteiger partial charge in [-0.2, -0.15) is 4.98 Å². The molecule has 3 atom stereocenters. The Morgan fingerprint density at radius 2 is 2.21 bits per heavy atom. The molecule has 1 aliphatic rings. The van der Waals surface area contributed by atoms with Crippen LogP contribution in [0.3, 0.4) is 0 Å². The van der Waals surface area contributed by atoms with Crippen LogP contribution in [0.1, 0.15) is 42.2 Å². The SMILES string of the molecule is COc1cc(C(=O)N2C[C@@H](C)OC[C@H]2CCO)cc2nc(N[C@H](C)c3cccc(Cl)c3)oc12. The number of hydrogen-bond donors (Lipinski definition) is 2. The average molecular weight is 474 g/mol. The first-order valence-corrected chi connectivity index (χ1v) is 11.3. The van der Waals surface area contributed by atoms with E-state index in [1.807, 2.05) is 38.1 Å². The molecule has 0 spiro atoms. The number of rotatable bonds is 7. The van der Waals surface area contributed by atoms with Crippen LogP contribution in [0.2, 0.25) is 5.02 Å². The average Bonchev–Trinajstić information content (AvgIpc) is 3.21. The van der Waals surface area contributed by atoms with Crippen LogP contribution < -0.4 is 10.1 Å². The molecule has 1 amide bonds. The number of aliphatic hydroxyl groups is 1. The maximum atomic E-state index is 13.4. The van der Waals surface area contributed by atoms with Gasteiger partial charge < -0.3 is 29.2 Å². The Hall–Kier alpha value is -2.81. The number of halogens is 1. The van der Waals surface area contributed by atoms with Crippen LogP contribution in [0.25, 0.3) is 11.1 Å². The minimum atomic E-state index is -0.187. The third-order valence-corrected chi connectivity index (χ3v) is 6.04. The first-order valence-electron chi connectivity index (χ1n) is 10.9. The van der Waals surface area contributed by atoms with Crippen molar-refractivity contribution in [1.29, 1.82) is 0 Å². The normalized spacial score (nSPS) is 19.5. The van der Waals surface area contributed by atoms with Crippen molar-refractivity contribution in [2.75, 3.05) is 32.2 Å². The van der Waals surface area contributed by atoms with Crippen LogP contribution in [-0.4, -0.2) is 59.9 Å². The second-order valence-corrected chi connectivity index (χ2v) is 8.67. The molecule has 0 radical (unpaired) electrons. The van der Waals surface area contributed by atoms with Crippen LogP contribution in [0.15, 0.2) is 40.8 Å². The molecule has 2 heterocycles. The van der Waals surface area contributed by atoms with E-state index in [1.165, 1.54) is 7.11 Å². The summed E-state index contributed by atoms with van der Waals surface area (Å²) in [6.45, 7) is 4.74. The molecule has 0 unspecified atom stereocenters. The number of benzene rings is 2. The van der Waals surface area contributed by atoms with E-state index in [4.69, 9.17) is 25.5 Å². The summed E-state index contributed by atoms with van der Waals surface area (Å²) in [7, 11) is 1.53. The third-order valence-electron chi connectivity index (χ3n) is 5.80. The molecule has 3 aromatic rings.